The summed E-state index contributed by atoms with van der Waals surface area (Å²) in [7, 11) is 0. The van der Waals surface area contributed by atoms with E-state index in [1.165, 1.54) is 24.8 Å². The summed E-state index contributed by atoms with van der Waals surface area (Å²) in [4.78, 5) is 0. The molecular formula is C17H27NO. The minimum Gasteiger partial charge on any atom is -0.508 e. The van der Waals surface area contributed by atoms with Crippen LogP contribution < -0.4 is 5.32 Å². The van der Waals surface area contributed by atoms with E-state index in [1.54, 1.807) is 6.07 Å². The Kier molecular flexibility index (Phi) is 4.87. The van der Waals surface area contributed by atoms with Crippen molar-refractivity contribution >= 4 is 0 Å². The molecule has 1 aliphatic rings. The van der Waals surface area contributed by atoms with Gasteiger partial charge in [-0.1, -0.05) is 38.8 Å². The van der Waals surface area contributed by atoms with Crippen molar-refractivity contribution in [2.45, 2.75) is 65.0 Å². The molecule has 1 aliphatic carbocycles. The summed E-state index contributed by atoms with van der Waals surface area (Å²) in [6, 6.07) is 6.89. The lowest BCUT2D eigenvalue weighted by Gasteiger charge is -2.20. The topological polar surface area (TPSA) is 32.3 Å². The second-order valence-corrected chi connectivity index (χ2v) is 6.33. The number of phenols is 1. The minimum absolute atomic E-state index is 0.427. The SMILES string of the molecule is CC(C)CCCC(C)NC1CCc2c(O)cccc21. The van der Waals surface area contributed by atoms with Crippen molar-refractivity contribution in [3.05, 3.63) is 29.3 Å². The molecule has 0 aromatic heterocycles. The van der Waals surface area contributed by atoms with Gasteiger partial charge in [-0.2, -0.15) is 0 Å². The van der Waals surface area contributed by atoms with Gasteiger partial charge in [-0.05, 0) is 49.3 Å². The largest absolute Gasteiger partial charge is 0.508 e. The van der Waals surface area contributed by atoms with Gasteiger partial charge in [0, 0.05) is 12.1 Å². The average molecular weight is 261 g/mol. The molecule has 2 nitrogen and oxygen atoms in total. The Morgan fingerprint density at radius 3 is 2.79 bits per heavy atom. The second-order valence-electron chi connectivity index (χ2n) is 6.33. The Hall–Kier alpha value is -1.02. The standard InChI is InChI=1S/C17H27NO/c1-12(2)6-4-7-13(3)18-16-11-10-15-14(16)8-5-9-17(15)19/h5,8-9,12-13,16,18-19H,4,6-7,10-11H2,1-3H3. The van der Waals surface area contributed by atoms with Crippen molar-refractivity contribution in [2.24, 2.45) is 5.92 Å². The monoisotopic (exact) mass is 261 g/mol. The number of benzene rings is 1. The summed E-state index contributed by atoms with van der Waals surface area (Å²) in [5.74, 6) is 1.27. The predicted molar refractivity (Wildman–Crippen MR) is 80.5 cm³/mol. The van der Waals surface area contributed by atoms with Crippen molar-refractivity contribution in [3.63, 3.8) is 0 Å². The van der Waals surface area contributed by atoms with Crippen molar-refractivity contribution < 1.29 is 5.11 Å². The molecule has 0 heterocycles. The molecule has 0 spiro atoms. The van der Waals surface area contributed by atoms with Crippen LogP contribution in [0, 0.1) is 5.92 Å². The maximum atomic E-state index is 9.86. The Morgan fingerprint density at radius 1 is 1.26 bits per heavy atom. The van der Waals surface area contributed by atoms with Crippen LogP contribution in [-0.4, -0.2) is 11.1 Å². The van der Waals surface area contributed by atoms with Crippen LogP contribution in [0.2, 0.25) is 0 Å². The van der Waals surface area contributed by atoms with Gasteiger partial charge in [0.25, 0.3) is 0 Å². The Labute approximate surface area is 117 Å². The summed E-state index contributed by atoms with van der Waals surface area (Å²) in [5.41, 5.74) is 2.45. The fourth-order valence-corrected chi connectivity index (χ4v) is 3.07. The fourth-order valence-electron chi connectivity index (χ4n) is 3.07. The minimum atomic E-state index is 0.427. The highest BCUT2D eigenvalue weighted by molar-refractivity contribution is 5.44. The van der Waals surface area contributed by atoms with Gasteiger partial charge < -0.3 is 10.4 Å². The number of fused-ring (bicyclic) bond motifs is 1. The molecule has 2 N–H and O–H groups in total. The quantitative estimate of drug-likeness (QED) is 0.805. The molecule has 106 valence electrons. The summed E-state index contributed by atoms with van der Waals surface area (Å²) < 4.78 is 0. The normalized spacial score (nSPS) is 19.7. The predicted octanol–water partition coefficient (Wildman–Crippen LogP) is 4.18. The van der Waals surface area contributed by atoms with Gasteiger partial charge in [-0.3, -0.25) is 0 Å². The zero-order valence-corrected chi connectivity index (χ0v) is 12.4. The highest BCUT2D eigenvalue weighted by Gasteiger charge is 2.25. The summed E-state index contributed by atoms with van der Waals surface area (Å²) >= 11 is 0. The lowest BCUT2D eigenvalue weighted by molar-refractivity contribution is 0.409. The van der Waals surface area contributed by atoms with Gasteiger partial charge in [0.2, 0.25) is 0 Å². The molecule has 0 saturated heterocycles. The third-order valence-electron chi connectivity index (χ3n) is 4.15. The molecule has 0 amide bonds. The van der Waals surface area contributed by atoms with Crippen LogP contribution in [0.3, 0.4) is 0 Å². The molecule has 2 atom stereocenters. The molecule has 0 fully saturated rings. The number of hydrogen-bond acceptors (Lipinski definition) is 2. The van der Waals surface area contributed by atoms with E-state index in [2.05, 4.69) is 32.2 Å². The van der Waals surface area contributed by atoms with Crippen molar-refractivity contribution in [1.29, 1.82) is 0 Å². The lowest BCUT2D eigenvalue weighted by atomic mass is 10.0. The Morgan fingerprint density at radius 2 is 2.05 bits per heavy atom. The van der Waals surface area contributed by atoms with Crippen LogP contribution >= 0.6 is 0 Å². The first-order chi connectivity index (χ1) is 9.08. The summed E-state index contributed by atoms with van der Waals surface area (Å²) in [6.07, 6.45) is 5.96. The van der Waals surface area contributed by atoms with Crippen LogP contribution in [0.5, 0.6) is 5.75 Å². The molecule has 19 heavy (non-hydrogen) atoms. The van der Waals surface area contributed by atoms with Crippen molar-refractivity contribution in [1.82, 2.24) is 5.32 Å². The first-order valence-corrected chi connectivity index (χ1v) is 7.64. The smallest absolute Gasteiger partial charge is 0.119 e. The van der Waals surface area contributed by atoms with Gasteiger partial charge in [-0.15, -0.1) is 0 Å². The van der Waals surface area contributed by atoms with Crippen LogP contribution in [0.25, 0.3) is 0 Å². The van der Waals surface area contributed by atoms with E-state index in [4.69, 9.17) is 0 Å². The molecular weight excluding hydrogens is 234 g/mol. The van der Waals surface area contributed by atoms with E-state index in [1.807, 2.05) is 6.07 Å². The Balaban J connectivity index is 1.87. The fraction of sp³-hybridized carbons (Fsp3) is 0.647. The third-order valence-corrected chi connectivity index (χ3v) is 4.15. The van der Waals surface area contributed by atoms with Gasteiger partial charge >= 0.3 is 0 Å². The second kappa shape index (κ2) is 6.42. The maximum absolute atomic E-state index is 9.86. The van der Waals surface area contributed by atoms with Crippen LogP contribution in [0.4, 0.5) is 0 Å². The zero-order chi connectivity index (χ0) is 13.8. The number of rotatable bonds is 6. The maximum Gasteiger partial charge on any atom is 0.119 e. The first kappa shape index (κ1) is 14.4. The van der Waals surface area contributed by atoms with E-state index in [0.717, 1.165) is 24.3 Å². The van der Waals surface area contributed by atoms with E-state index < -0.39 is 0 Å². The van der Waals surface area contributed by atoms with Crippen molar-refractivity contribution in [3.8, 4) is 5.75 Å². The van der Waals surface area contributed by atoms with E-state index >= 15 is 0 Å². The van der Waals surface area contributed by atoms with E-state index in [9.17, 15) is 5.11 Å². The molecule has 0 aliphatic heterocycles. The zero-order valence-electron chi connectivity index (χ0n) is 12.4. The number of nitrogens with one attached hydrogen (secondary N) is 1. The van der Waals surface area contributed by atoms with E-state index in [0.29, 0.717) is 17.8 Å². The average Bonchev–Trinajstić information content (AvgIpc) is 2.73. The van der Waals surface area contributed by atoms with Crippen LogP contribution in [0.1, 0.15) is 63.6 Å². The molecule has 2 heteroatoms. The molecule has 0 saturated carbocycles. The highest BCUT2D eigenvalue weighted by atomic mass is 16.3. The lowest BCUT2D eigenvalue weighted by Crippen LogP contribution is -2.29. The molecule has 2 unspecified atom stereocenters. The number of aromatic hydroxyl groups is 1. The molecule has 2 rings (SSSR count). The number of phenolic OH excluding ortho intramolecular Hbond substituents is 1. The summed E-state index contributed by atoms with van der Waals surface area (Å²) in [5, 5.41) is 13.6. The van der Waals surface area contributed by atoms with Gasteiger partial charge in [0.1, 0.15) is 5.75 Å². The highest BCUT2D eigenvalue weighted by Crippen LogP contribution is 2.36. The number of hydrogen-bond donors (Lipinski definition) is 2. The molecule has 1 aromatic rings. The molecule has 1 aromatic carbocycles. The van der Waals surface area contributed by atoms with Crippen LogP contribution in [-0.2, 0) is 6.42 Å². The summed E-state index contributed by atoms with van der Waals surface area (Å²) in [6.45, 7) is 6.85. The van der Waals surface area contributed by atoms with E-state index in [-0.39, 0.29) is 0 Å². The van der Waals surface area contributed by atoms with Crippen LogP contribution in [0.15, 0.2) is 18.2 Å². The molecule has 0 bridgehead atoms. The Bertz CT molecular complexity index is 414. The molecule has 0 radical (unpaired) electrons. The van der Waals surface area contributed by atoms with Gasteiger partial charge in [0.15, 0.2) is 0 Å². The van der Waals surface area contributed by atoms with Crippen molar-refractivity contribution in [2.75, 3.05) is 0 Å². The first-order valence-electron chi connectivity index (χ1n) is 7.64. The van der Waals surface area contributed by atoms with Gasteiger partial charge in [0.05, 0.1) is 0 Å². The van der Waals surface area contributed by atoms with Gasteiger partial charge in [-0.25, -0.2) is 0 Å². The third kappa shape index (κ3) is 3.73.